The Morgan fingerprint density at radius 1 is 1.21 bits per heavy atom. The predicted molar refractivity (Wildman–Crippen MR) is 74.7 cm³/mol. The van der Waals surface area contributed by atoms with Crippen molar-refractivity contribution in [2.45, 2.75) is 51.5 Å². The molecule has 0 N–H and O–H groups in total. The van der Waals surface area contributed by atoms with Crippen molar-refractivity contribution in [3.63, 3.8) is 0 Å². The average molecular weight is 263 g/mol. The summed E-state index contributed by atoms with van der Waals surface area (Å²) < 4.78 is 13.1. The third kappa shape index (κ3) is 3.34. The molecule has 1 aromatic rings. The molecule has 2 rings (SSSR count). The summed E-state index contributed by atoms with van der Waals surface area (Å²) in [7, 11) is 1.88. The highest BCUT2D eigenvalue weighted by Gasteiger charge is 2.23. The number of carbonyl (C=O) groups is 1. The van der Waals surface area contributed by atoms with Crippen LogP contribution in [-0.2, 0) is 0 Å². The molecule has 0 bridgehead atoms. The second kappa shape index (κ2) is 6.18. The maximum absolute atomic E-state index is 13.1. The minimum atomic E-state index is -0.286. The van der Waals surface area contributed by atoms with Gasteiger partial charge in [0, 0.05) is 18.7 Å². The molecule has 0 saturated heterocycles. The minimum Gasteiger partial charge on any atom is -0.339 e. The van der Waals surface area contributed by atoms with E-state index in [-0.39, 0.29) is 11.7 Å². The molecule has 104 valence electrons. The number of hydrogen-bond acceptors (Lipinski definition) is 1. The highest BCUT2D eigenvalue weighted by Crippen LogP contribution is 2.23. The number of benzene rings is 1. The zero-order valence-electron chi connectivity index (χ0n) is 11.8. The molecule has 3 heteroatoms. The van der Waals surface area contributed by atoms with Crippen LogP contribution in [0.3, 0.4) is 0 Å². The van der Waals surface area contributed by atoms with Crippen LogP contribution in [-0.4, -0.2) is 23.9 Å². The van der Waals surface area contributed by atoms with E-state index in [4.69, 9.17) is 0 Å². The van der Waals surface area contributed by atoms with Crippen LogP contribution in [0.15, 0.2) is 18.2 Å². The molecule has 2 nitrogen and oxygen atoms in total. The third-order valence-corrected chi connectivity index (χ3v) is 4.11. The first-order valence-corrected chi connectivity index (χ1v) is 7.13. The lowest BCUT2D eigenvalue weighted by Gasteiger charge is -2.27. The van der Waals surface area contributed by atoms with Crippen LogP contribution >= 0.6 is 0 Å². The second-order valence-corrected chi connectivity index (χ2v) is 5.52. The fourth-order valence-electron chi connectivity index (χ4n) is 2.87. The molecule has 0 unspecified atom stereocenters. The first-order chi connectivity index (χ1) is 9.09. The van der Waals surface area contributed by atoms with Crippen molar-refractivity contribution >= 4 is 5.91 Å². The van der Waals surface area contributed by atoms with E-state index in [1.165, 1.54) is 37.8 Å². The summed E-state index contributed by atoms with van der Waals surface area (Å²) in [5.41, 5.74) is 1.33. The summed E-state index contributed by atoms with van der Waals surface area (Å²) in [5, 5.41) is 0. The van der Waals surface area contributed by atoms with Gasteiger partial charge in [-0.1, -0.05) is 25.7 Å². The van der Waals surface area contributed by atoms with Crippen LogP contribution in [0.25, 0.3) is 0 Å². The van der Waals surface area contributed by atoms with E-state index in [2.05, 4.69) is 0 Å². The van der Waals surface area contributed by atoms with Gasteiger partial charge in [-0.3, -0.25) is 4.79 Å². The normalized spacial score (nSPS) is 17.0. The smallest absolute Gasteiger partial charge is 0.254 e. The van der Waals surface area contributed by atoms with Crippen molar-refractivity contribution in [1.29, 1.82) is 0 Å². The van der Waals surface area contributed by atoms with Gasteiger partial charge in [0.25, 0.3) is 5.91 Å². The molecule has 0 heterocycles. The summed E-state index contributed by atoms with van der Waals surface area (Å²) in [4.78, 5) is 14.3. The Labute approximate surface area is 114 Å². The molecule has 19 heavy (non-hydrogen) atoms. The van der Waals surface area contributed by atoms with Gasteiger partial charge < -0.3 is 4.90 Å². The van der Waals surface area contributed by atoms with Crippen LogP contribution in [0.5, 0.6) is 0 Å². The van der Waals surface area contributed by atoms with E-state index < -0.39 is 0 Å². The van der Waals surface area contributed by atoms with Gasteiger partial charge in [-0.25, -0.2) is 4.39 Å². The van der Waals surface area contributed by atoms with Crippen molar-refractivity contribution < 1.29 is 9.18 Å². The number of rotatable bonds is 2. The van der Waals surface area contributed by atoms with Gasteiger partial charge in [-0.15, -0.1) is 0 Å². The largest absolute Gasteiger partial charge is 0.339 e. The van der Waals surface area contributed by atoms with Gasteiger partial charge in [0.15, 0.2) is 0 Å². The van der Waals surface area contributed by atoms with Gasteiger partial charge in [-0.2, -0.15) is 0 Å². The highest BCUT2D eigenvalue weighted by molar-refractivity contribution is 5.95. The molecule has 0 spiro atoms. The Morgan fingerprint density at radius 3 is 2.42 bits per heavy atom. The number of amides is 1. The topological polar surface area (TPSA) is 20.3 Å². The first-order valence-electron chi connectivity index (χ1n) is 7.13. The molecule has 0 aliphatic heterocycles. The Kier molecular flexibility index (Phi) is 4.56. The lowest BCUT2D eigenvalue weighted by molar-refractivity contribution is 0.0717. The van der Waals surface area contributed by atoms with Gasteiger partial charge >= 0.3 is 0 Å². The third-order valence-electron chi connectivity index (χ3n) is 4.11. The summed E-state index contributed by atoms with van der Waals surface area (Å²) in [6.45, 7) is 1.79. The Hall–Kier alpha value is -1.38. The van der Waals surface area contributed by atoms with E-state index >= 15 is 0 Å². The van der Waals surface area contributed by atoms with Crippen molar-refractivity contribution in [2.24, 2.45) is 0 Å². The van der Waals surface area contributed by atoms with Gasteiger partial charge in [0.05, 0.1) is 0 Å². The van der Waals surface area contributed by atoms with Crippen molar-refractivity contribution in [2.75, 3.05) is 7.05 Å². The monoisotopic (exact) mass is 263 g/mol. The average Bonchev–Trinajstić information content (AvgIpc) is 2.66. The molecule has 1 aliphatic rings. The molecule has 1 aromatic carbocycles. The van der Waals surface area contributed by atoms with E-state index in [0.29, 0.717) is 17.2 Å². The van der Waals surface area contributed by atoms with E-state index in [1.807, 2.05) is 11.9 Å². The summed E-state index contributed by atoms with van der Waals surface area (Å²) in [5.74, 6) is -0.268. The number of nitrogens with zero attached hydrogens (tertiary/aromatic N) is 1. The summed E-state index contributed by atoms with van der Waals surface area (Å²) >= 11 is 0. The van der Waals surface area contributed by atoms with Crippen LogP contribution in [0.2, 0.25) is 0 Å². The van der Waals surface area contributed by atoms with Crippen LogP contribution in [0.4, 0.5) is 4.39 Å². The highest BCUT2D eigenvalue weighted by atomic mass is 19.1. The molecular weight excluding hydrogens is 241 g/mol. The molecule has 0 radical (unpaired) electrons. The summed E-state index contributed by atoms with van der Waals surface area (Å²) in [6.07, 6.45) is 7.11. The SMILES string of the molecule is Cc1cc(F)ccc1C(=O)N(C)C1CCCCCC1. The Balaban J connectivity index is 2.13. The quantitative estimate of drug-likeness (QED) is 0.740. The number of halogens is 1. The van der Waals surface area contributed by atoms with E-state index in [1.54, 1.807) is 13.0 Å². The standard InChI is InChI=1S/C16H22FNO/c1-12-11-13(17)9-10-15(12)16(19)18(2)14-7-5-3-4-6-8-14/h9-11,14H,3-8H2,1-2H3. The fourth-order valence-corrected chi connectivity index (χ4v) is 2.87. The van der Waals surface area contributed by atoms with Gasteiger partial charge in [0.2, 0.25) is 0 Å². The van der Waals surface area contributed by atoms with E-state index in [9.17, 15) is 9.18 Å². The number of carbonyl (C=O) groups excluding carboxylic acids is 1. The van der Waals surface area contributed by atoms with Crippen molar-refractivity contribution in [3.05, 3.63) is 35.1 Å². The molecule has 1 saturated carbocycles. The lowest BCUT2D eigenvalue weighted by atomic mass is 10.0. The lowest BCUT2D eigenvalue weighted by Crippen LogP contribution is -2.37. The molecule has 1 aliphatic carbocycles. The first kappa shape index (κ1) is 14.0. The van der Waals surface area contributed by atoms with Crippen LogP contribution in [0.1, 0.15) is 54.4 Å². The fraction of sp³-hybridized carbons (Fsp3) is 0.562. The summed E-state index contributed by atoms with van der Waals surface area (Å²) in [6, 6.07) is 4.72. The number of hydrogen-bond donors (Lipinski definition) is 0. The van der Waals surface area contributed by atoms with Crippen molar-refractivity contribution in [1.82, 2.24) is 4.90 Å². The molecule has 0 aromatic heterocycles. The Morgan fingerprint density at radius 2 is 1.84 bits per heavy atom. The van der Waals surface area contributed by atoms with Gasteiger partial charge in [-0.05, 0) is 43.5 Å². The van der Waals surface area contributed by atoms with Crippen molar-refractivity contribution in [3.8, 4) is 0 Å². The van der Waals surface area contributed by atoms with Gasteiger partial charge in [0.1, 0.15) is 5.82 Å². The van der Waals surface area contributed by atoms with E-state index in [0.717, 1.165) is 12.8 Å². The molecule has 1 fully saturated rings. The Bertz CT molecular complexity index is 450. The zero-order valence-corrected chi connectivity index (χ0v) is 11.8. The molecular formula is C16H22FNO. The van der Waals surface area contributed by atoms with Crippen LogP contribution in [0, 0.1) is 12.7 Å². The molecule has 0 atom stereocenters. The predicted octanol–water partition coefficient (Wildman–Crippen LogP) is 3.93. The molecule has 1 amide bonds. The number of aryl methyl sites for hydroxylation is 1. The zero-order chi connectivity index (χ0) is 13.8. The minimum absolute atomic E-state index is 0.0180. The maximum Gasteiger partial charge on any atom is 0.254 e. The van der Waals surface area contributed by atoms with Crippen LogP contribution < -0.4 is 0 Å². The second-order valence-electron chi connectivity index (χ2n) is 5.52. The maximum atomic E-state index is 13.1.